The van der Waals surface area contributed by atoms with Crippen molar-refractivity contribution in [1.82, 2.24) is 5.32 Å². The summed E-state index contributed by atoms with van der Waals surface area (Å²) in [6, 6.07) is 6.97. The van der Waals surface area contributed by atoms with E-state index in [-0.39, 0.29) is 5.82 Å². The van der Waals surface area contributed by atoms with Gasteiger partial charge in [-0.1, -0.05) is 19.3 Å². The van der Waals surface area contributed by atoms with Crippen molar-refractivity contribution in [2.75, 3.05) is 0 Å². The number of nitrogens with zero attached hydrogens (tertiary/aromatic N) is 1. The molecule has 0 unspecified atom stereocenters. The number of halogens is 1. The van der Waals surface area contributed by atoms with Gasteiger partial charge in [0.15, 0.2) is 0 Å². The van der Waals surface area contributed by atoms with E-state index in [9.17, 15) is 4.39 Å². The summed E-state index contributed by atoms with van der Waals surface area (Å²) >= 11 is 0. The summed E-state index contributed by atoms with van der Waals surface area (Å²) in [7, 11) is 0. The molecule has 1 atom stereocenters. The van der Waals surface area contributed by atoms with Gasteiger partial charge >= 0.3 is 0 Å². The zero-order valence-corrected chi connectivity index (χ0v) is 11.5. The second-order valence-corrected chi connectivity index (χ2v) is 5.53. The topological polar surface area (TPSA) is 35.8 Å². The summed E-state index contributed by atoms with van der Waals surface area (Å²) in [5.41, 5.74) is 1.24. The van der Waals surface area contributed by atoms with Gasteiger partial charge in [0.25, 0.3) is 0 Å². The van der Waals surface area contributed by atoms with Crippen molar-refractivity contribution in [2.45, 2.75) is 51.6 Å². The van der Waals surface area contributed by atoms with Gasteiger partial charge < -0.3 is 5.32 Å². The molecular weight excluding hydrogens is 239 g/mol. The maximum Gasteiger partial charge on any atom is 0.124 e. The minimum absolute atomic E-state index is 0.332. The quantitative estimate of drug-likeness (QED) is 0.894. The Hall–Kier alpha value is -1.40. The number of hydrogen-bond acceptors (Lipinski definition) is 2. The normalized spacial score (nSPS) is 17.9. The van der Waals surface area contributed by atoms with Crippen LogP contribution in [0.1, 0.15) is 50.2 Å². The first kappa shape index (κ1) is 14.0. The minimum atomic E-state index is -0.332. The van der Waals surface area contributed by atoms with E-state index in [0.717, 1.165) is 11.5 Å². The van der Waals surface area contributed by atoms with Crippen molar-refractivity contribution < 1.29 is 4.39 Å². The molecule has 102 valence electrons. The molecule has 0 aromatic heterocycles. The molecule has 0 amide bonds. The van der Waals surface area contributed by atoms with E-state index in [2.05, 4.69) is 12.2 Å². The number of nitrogens with one attached hydrogen (secondary N) is 1. The maximum absolute atomic E-state index is 13.3. The molecule has 0 radical (unpaired) electrons. The first-order valence-electron chi connectivity index (χ1n) is 7.12. The first-order chi connectivity index (χ1) is 9.19. The number of rotatable bonds is 4. The highest BCUT2D eigenvalue weighted by atomic mass is 19.1. The van der Waals surface area contributed by atoms with Gasteiger partial charge in [-0.2, -0.15) is 5.26 Å². The number of benzene rings is 1. The molecule has 1 aromatic rings. The molecule has 0 saturated heterocycles. The standard InChI is InChI=1S/C16H21FN2/c1-12(15-5-3-2-4-6-15)19-11-14-7-13(10-18)8-16(17)9-14/h7-9,12,15,19H,2-6,11H2,1H3/t12-/m1/s1. The summed E-state index contributed by atoms with van der Waals surface area (Å²) in [6.07, 6.45) is 6.60. The Bertz CT molecular complexity index is 458. The Morgan fingerprint density at radius 1 is 1.32 bits per heavy atom. The summed E-state index contributed by atoms with van der Waals surface area (Å²) < 4.78 is 13.3. The largest absolute Gasteiger partial charge is 0.310 e. The van der Waals surface area contributed by atoms with Crippen molar-refractivity contribution in [3.05, 3.63) is 35.1 Å². The molecule has 1 fully saturated rings. The average Bonchev–Trinajstić information content (AvgIpc) is 2.45. The smallest absolute Gasteiger partial charge is 0.124 e. The van der Waals surface area contributed by atoms with Crippen molar-refractivity contribution in [2.24, 2.45) is 5.92 Å². The molecular formula is C16H21FN2. The Labute approximate surface area is 114 Å². The third-order valence-corrected chi connectivity index (χ3v) is 4.07. The van der Waals surface area contributed by atoms with Crippen LogP contribution in [0.2, 0.25) is 0 Å². The summed E-state index contributed by atoms with van der Waals surface area (Å²) in [5.74, 6) is 0.402. The molecule has 2 rings (SSSR count). The SMILES string of the molecule is C[C@@H](NCc1cc(F)cc(C#N)c1)C1CCCCC1. The lowest BCUT2D eigenvalue weighted by atomic mass is 9.84. The van der Waals surface area contributed by atoms with Crippen LogP contribution >= 0.6 is 0 Å². The van der Waals surface area contributed by atoms with Gasteiger partial charge in [0, 0.05) is 12.6 Å². The molecule has 0 aliphatic heterocycles. The lowest BCUT2D eigenvalue weighted by Crippen LogP contribution is -2.34. The van der Waals surface area contributed by atoms with Gasteiger partial charge in [0.05, 0.1) is 11.6 Å². The van der Waals surface area contributed by atoms with Gasteiger partial charge in [-0.15, -0.1) is 0 Å². The van der Waals surface area contributed by atoms with Crippen LogP contribution in [0, 0.1) is 23.1 Å². The van der Waals surface area contributed by atoms with Crippen molar-refractivity contribution in [3.63, 3.8) is 0 Å². The molecule has 1 aliphatic rings. The summed E-state index contributed by atoms with van der Waals surface area (Å²) in [6.45, 7) is 2.84. The fourth-order valence-electron chi connectivity index (χ4n) is 2.90. The fourth-order valence-corrected chi connectivity index (χ4v) is 2.90. The third kappa shape index (κ3) is 4.04. The Kier molecular flexibility index (Phi) is 4.93. The molecule has 0 bridgehead atoms. The molecule has 3 heteroatoms. The minimum Gasteiger partial charge on any atom is -0.310 e. The van der Waals surface area contributed by atoms with Crippen molar-refractivity contribution in [3.8, 4) is 6.07 Å². The Balaban J connectivity index is 1.91. The summed E-state index contributed by atoms with van der Waals surface area (Å²) in [4.78, 5) is 0. The number of nitriles is 1. The molecule has 1 aliphatic carbocycles. The average molecular weight is 260 g/mol. The Morgan fingerprint density at radius 3 is 2.74 bits per heavy atom. The zero-order valence-electron chi connectivity index (χ0n) is 11.5. The molecule has 19 heavy (non-hydrogen) atoms. The van der Waals surface area contributed by atoms with Gasteiger partial charge in [-0.3, -0.25) is 0 Å². The van der Waals surface area contributed by atoms with Gasteiger partial charge in [-0.25, -0.2) is 4.39 Å². The van der Waals surface area contributed by atoms with Crippen molar-refractivity contribution >= 4 is 0 Å². The molecule has 0 heterocycles. The maximum atomic E-state index is 13.3. The lowest BCUT2D eigenvalue weighted by molar-refractivity contribution is 0.280. The van der Waals surface area contributed by atoms with Gasteiger partial charge in [-0.05, 0) is 49.4 Å². The van der Waals surface area contributed by atoms with Crippen LogP contribution in [-0.4, -0.2) is 6.04 Å². The molecule has 1 aromatic carbocycles. The van der Waals surface area contributed by atoms with E-state index >= 15 is 0 Å². The first-order valence-corrected chi connectivity index (χ1v) is 7.12. The van der Waals surface area contributed by atoms with Crippen LogP contribution in [0.4, 0.5) is 4.39 Å². The molecule has 2 nitrogen and oxygen atoms in total. The predicted octanol–water partition coefficient (Wildman–Crippen LogP) is 3.76. The fraction of sp³-hybridized carbons (Fsp3) is 0.562. The highest BCUT2D eigenvalue weighted by Crippen LogP contribution is 2.26. The predicted molar refractivity (Wildman–Crippen MR) is 74.0 cm³/mol. The highest BCUT2D eigenvalue weighted by molar-refractivity contribution is 5.33. The van der Waals surface area contributed by atoms with Gasteiger partial charge in [0.1, 0.15) is 5.82 Å². The monoisotopic (exact) mass is 260 g/mol. The van der Waals surface area contributed by atoms with Crippen LogP contribution < -0.4 is 5.32 Å². The van der Waals surface area contributed by atoms with Crippen molar-refractivity contribution in [1.29, 1.82) is 5.26 Å². The van der Waals surface area contributed by atoms with Crippen LogP contribution in [0.5, 0.6) is 0 Å². The molecule has 1 N–H and O–H groups in total. The second-order valence-electron chi connectivity index (χ2n) is 5.53. The van der Waals surface area contributed by atoms with Gasteiger partial charge in [0.2, 0.25) is 0 Å². The zero-order chi connectivity index (χ0) is 13.7. The highest BCUT2D eigenvalue weighted by Gasteiger charge is 2.19. The lowest BCUT2D eigenvalue weighted by Gasteiger charge is -2.28. The van der Waals surface area contributed by atoms with E-state index in [0.29, 0.717) is 18.2 Å². The number of hydrogen-bond donors (Lipinski definition) is 1. The van der Waals surface area contributed by atoms with Crippen LogP contribution in [0.25, 0.3) is 0 Å². The van der Waals surface area contributed by atoms with Crippen LogP contribution in [-0.2, 0) is 6.54 Å². The van der Waals surface area contributed by atoms with Crippen LogP contribution in [0.15, 0.2) is 18.2 Å². The van der Waals surface area contributed by atoms with E-state index in [1.807, 2.05) is 6.07 Å². The van der Waals surface area contributed by atoms with E-state index in [4.69, 9.17) is 5.26 Å². The van der Waals surface area contributed by atoms with Crippen LogP contribution in [0.3, 0.4) is 0 Å². The van der Waals surface area contributed by atoms with E-state index in [1.165, 1.54) is 44.2 Å². The molecule has 1 saturated carbocycles. The third-order valence-electron chi connectivity index (χ3n) is 4.07. The second kappa shape index (κ2) is 6.68. The van der Waals surface area contributed by atoms with E-state index in [1.54, 1.807) is 6.07 Å². The Morgan fingerprint density at radius 2 is 2.05 bits per heavy atom. The molecule has 0 spiro atoms. The summed E-state index contributed by atoms with van der Waals surface area (Å²) in [5, 5.41) is 12.3. The van der Waals surface area contributed by atoms with E-state index < -0.39 is 0 Å².